The van der Waals surface area contributed by atoms with Crippen LogP contribution in [-0.2, 0) is 227 Å². The van der Waals surface area contributed by atoms with Gasteiger partial charge in [-0.25, -0.2) is 14.0 Å². The van der Waals surface area contributed by atoms with Crippen molar-refractivity contribution in [1.82, 2.24) is 66.2 Å². The van der Waals surface area contributed by atoms with Gasteiger partial charge in [0.15, 0.2) is 72.3 Å². The molecule has 51 heteroatoms. The number of nitrogens with zero attached hydrogens (tertiary/aromatic N) is 9. The summed E-state index contributed by atoms with van der Waals surface area (Å²) in [5, 5.41) is 37.0. The minimum Gasteiger partial charge on any atom is -0.456 e. The van der Waals surface area contributed by atoms with Crippen molar-refractivity contribution >= 4 is 59.4 Å². The summed E-state index contributed by atoms with van der Waals surface area (Å²) < 4.78 is 169. The number of ether oxygens (including phenoxy) is 28. The zero-order chi connectivity index (χ0) is 98.6. The highest BCUT2D eigenvalue weighted by Gasteiger charge is 2.66. The second kappa shape index (κ2) is 58.0. The molecule has 6 bridgehead atoms. The lowest BCUT2D eigenvalue weighted by atomic mass is 9.87. The topological polar surface area (TPSA) is 569 Å². The lowest BCUT2D eigenvalue weighted by molar-refractivity contribution is -0.251. The van der Waals surface area contributed by atoms with Gasteiger partial charge < -0.3 is 154 Å². The molecule has 6 saturated heterocycles. The normalized spacial score (nSPS) is 24.0. The van der Waals surface area contributed by atoms with Gasteiger partial charge in [0.05, 0.1) is 263 Å². The van der Waals surface area contributed by atoms with Gasteiger partial charge in [0.1, 0.15) is 40.7 Å². The van der Waals surface area contributed by atoms with E-state index >= 15 is 0 Å². The number of aromatic nitrogens is 9. The standard InChI is InChI=1S/C87H131N13O38/c1-58(101)88-72-75(130-61(4)104)78(133-64(7)107)85(55-127-81(72)136-85)52-121-39-36-117-33-30-114-27-24-111-21-17-98-42-68(92-95-98)46-124-49-84(91-71(110)16-13-20-120-45-67-14-11-10-12-15-67,50-125-47-69-43-99(96-93-69)18-22-112-25-28-115-31-34-118-37-40-122-53-86-56-128-82(137-86)73(89-59(2)102)76(131-62(5)105)79(86)134-65(8)108)51-126-48-70-44-100(97-94-70)19-23-113-26-29-116-32-35-119-38-41-123-54-87-57-129-83(138-87)74(90-60(3)103)77(132-63(6)106)80(87)135-66(9)109/h10-12,14-15,42-44,72-83H,13,16-41,45-57H2,1-9H3,(H,88,101)(H,89,102)(H,90,103)(H,91,110)/t72-,73-,74-,75-,76-,77-,78-,79-,80-,81+,82+,83+,85+,86+,87+/m1/s1. The van der Waals surface area contributed by atoms with Crippen LogP contribution in [-0.4, -0.2) is 405 Å². The van der Waals surface area contributed by atoms with E-state index in [1.165, 1.54) is 62.3 Å². The highest BCUT2D eigenvalue weighted by atomic mass is 16.8. The van der Waals surface area contributed by atoms with Crippen molar-refractivity contribution in [2.45, 2.75) is 217 Å². The van der Waals surface area contributed by atoms with Crippen LogP contribution in [0.25, 0.3) is 0 Å². The largest absolute Gasteiger partial charge is 0.456 e. The van der Waals surface area contributed by atoms with Crippen LogP contribution in [0.3, 0.4) is 0 Å². The quantitative estimate of drug-likeness (QED) is 0.0210. The average molecular weight is 1970 g/mol. The number of rotatable bonds is 70. The minimum absolute atomic E-state index is 0.0318. The Morgan fingerprint density at radius 3 is 0.913 bits per heavy atom. The Morgan fingerprint density at radius 1 is 0.348 bits per heavy atom. The fraction of sp³-hybridized carbons (Fsp3) is 0.747. The molecule has 0 radical (unpaired) electrons. The molecule has 0 spiro atoms. The molecule has 10 rings (SSSR count). The molecule has 1 aromatic carbocycles. The fourth-order valence-electron chi connectivity index (χ4n) is 15.6. The van der Waals surface area contributed by atoms with E-state index in [0.29, 0.717) is 56.4 Å². The van der Waals surface area contributed by atoms with E-state index in [9.17, 15) is 47.9 Å². The van der Waals surface area contributed by atoms with E-state index in [4.69, 9.17) is 133 Å². The third kappa shape index (κ3) is 36.5. The van der Waals surface area contributed by atoms with Gasteiger partial charge in [-0.2, -0.15) is 0 Å². The van der Waals surface area contributed by atoms with Gasteiger partial charge >= 0.3 is 35.8 Å². The van der Waals surface area contributed by atoms with Crippen LogP contribution in [0.5, 0.6) is 0 Å². The van der Waals surface area contributed by atoms with Crippen LogP contribution in [0.2, 0.25) is 0 Å². The van der Waals surface area contributed by atoms with Gasteiger partial charge in [0, 0.05) is 75.3 Å². The van der Waals surface area contributed by atoms with E-state index in [0.717, 1.165) is 5.56 Å². The van der Waals surface area contributed by atoms with Crippen molar-refractivity contribution < 1.29 is 181 Å². The molecule has 4 amide bonds. The highest BCUT2D eigenvalue weighted by Crippen LogP contribution is 2.44. The maximum Gasteiger partial charge on any atom is 0.303 e. The Labute approximate surface area is 796 Å². The predicted molar refractivity (Wildman–Crippen MR) is 462 cm³/mol. The third-order valence-electron chi connectivity index (χ3n) is 21.4. The first-order valence-corrected chi connectivity index (χ1v) is 45.6. The van der Waals surface area contributed by atoms with Crippen molar-refractivity contribution in [3.8, 4) is 0 Å². The number of benzene rings is 1. The summed E-state index contributed by atoms with van der Waals surface area (Å²) in [5.41, 5.74) is -2.89. The summed E-state index contributed by atoms with van der Waals surface area (Å²) in [6, 6.07) is 6.85. The predicted octanol–water partition coefficient (Wildman–Crippen LogP) is -2.06. The van der Waals surface area contributed by atoms with Crippen molar-refractivity contribution in [3.05, 3.63) is 71.6 Å². The van der Waals surface area contributed by atoms with E-state index in [1.807, 2.05) is 30.3 Å². The molecular weight excluding hydrogens is 1840 g/mol. The molecule has 138 heavy (non-hydrogen) atoms. The van der Waals surface area contributed by atoms with Crippen LogP contribution in [0.1, 0.15) is 97.8 Å². The van der Waals surface area contributed by atoms with E-state index in [1.54, 1.807) is 32.6 Å². The Kier molecular flexibility index (Phi) is 46.4. The van der Waals surface area contributed by atoms with Gasteiger partial charge in [0.2, 0.25) is 23.6 Å². The van der Waals surface area contributed by atoms with Crippen molar-refractivity contribution in [3.63, 3.8) is 0 Å². The minimum atomic E-state index is -1.34. The summed E-state index contributed by atoms with van der Waals surface area (Å²) in [6.07, 6.45) is -4.14. The Bertz CT molecular complexity index is 4010. The highest BCUT2D eigenvalue weighted by molar-refractivity contribution is 5.77. The zero-order valence-corrected chi connectivity index (χ0v) is 79.4. The second-order valence-electron chi connectivity index (χ2n) is 33.1. The van der Waals surface area contributed by atoms with Gasteiger partial charge in [-0.1, -0.05) is 46.0 Å². The Balaban J connectivity index is 0.656. The zero-order valence-electron chi connectivity index (χ0n) is 79.4. The number of hydrogen-bond acceptors (Lipinski definition) is 44. The van der Waals surface area contributed by atoms with E-state index < -0.39 is 149 Å². The molecule has 0 saturated carbocycles. The molecule has 4 N–H and O–H groups in total. The van der Waals surface area contributed by atoms with Crippen LogP contribution in [0.4, 0.5) is 0 Å². The van der Waals surface area contributed by atoms with Gasteiger partial charge in [-0.3, -0.25) is 47.9 Å². The molecule has 6 aliphatic heterocycles. The molecule has 0 unspecified atom stereocenters. The van der Waals surface area contributed by atoms with Crippen LogP contribution in [0, 0.1) is 0 Å². The summed E-state index contributed by atoms with van der Waals surface area (Å²) >= 11 is 0. The number of amides is 4. The first-order chi connectivity index (χ1) is 66.6. The molecule has 772 valence electrons. The van der Waals surface area contributed by atoms with E-state index in [2.05, 4.69) is 52.2 Å². The second-order valence-corrected chi connectivity index (χ2v) is 33.1. The van der Waals surface area contributed by atoms with Crippen LogP contribution in [0.15, 0.2) is 48.9 Å². The lowest BCUT2D eigenvalue weighted by Gasteiger charge is -2.45. The molecule has 6 aliphatic rings. The fourth-order valence-corrected chi connectivity index (χ4v) is 15.6. The Hall–Kier alpha value is -9.54. The molecular formula is C87H131N13O38. The first-order valence-electron chi connectivity index (χ1n) is 45.6. The molecule has 0 aliphatic carbocycles. The van der Waals surface area contributed by atoms with Crippen molar-refractivity contribution in [2.75, 3.05) is 205 Å². The number of carbonyl (C=O) groups excluding carboxylic acids is 10. The number of esters is 6. The summed E-state index contributed by atoms with van der Waals surface area (Å²) in [5.74, 6) is -5.55. The van der Waals surface area contributed by atoms with Gasteiger partial charge in [-0.15, -0.1) is 15.3 Å². The summed E-state index contributed by atoms with van der Waals surface area (Å²) in [4.78, 5) is 124. The molecule has 6 fully saturated rings. The lowest BCUT2D eigenvalue weighted by Crippen LogP contribution is -2.68. The molecule has 51 nitrogen and oxygen atoms in total. The SMILES string of the molecule is CC(=O)N[C@H]1[C@H]2OC[C@](COCCOCCOCCOCCn3cc(COCC(COCc4cn(CCOCCOCCOCCOC[C@@]56CO[C@@H](O5)[C@H](NC(C)=O)[C@@H](OC(C)=O)[C@H]6OC(C)=O)nn4)(COCc4cn(CCOCCOCCOCCOC[C@@]56CO[C@@H](O5)[C@H](NC(C)=O)[C@@H](OC(C)=O)[C@H]6OC(C)=O)nn4)NC(=O)CCCOCc4ccccc4)nn3)(O2)[C@H](OC(C)=O)[C@@H]1OC(C)=O. The molecule has 15 atom stereocenters. The first kappa shape index (κ1) is 110. The van der Waals surface area contributed by atoms with Gasteiger partial charge in [-0.05, 0) is 12.0 Å². The third-order valence-corrected chi connectivity index (χ3v) is 21.4. The Morgan fingerprint density at radius 2 is 0.630 bits per heavy atom. The summed E-state index contributed by atoms with van der Waals surface area (Å²) in [7, 11) is 0. The maximum atomic E-state index is 14.2. The number of fused-ring (bicyclic) bond motifs is 6. The van der Waals surface area contributed by atoms with Crippen molar-refractivity contribution in [1.29, 1.82) is 0 Å². The summed E-state index contributed by atoms with van der Waals surface area (Å²) in [6.45, 7) is 16.7. The number of carbonyl (C=O) groups is 10. The monoisotopic (exact) mass is 1970 g/mol. The van der Waals surface area contributed by atoms with Gasteiger partial charge in [0.25, 0.3) is 0 Å². The molecule has 4 aromatic rings. The molecule has 9 heterocycles. The smallest absolute Gasteiger partial charge is 0.303 e. The molecule has 3 aromatic heterocycles. The van der Waals surface area contributed by atoms with Crippen molar-refractivity contribution in [2.24, 2.45) is 0 Å². The number of hydrogen-bond donors (Lipinski definition) is 4. The average Bonchev–Trinajstić information content (AvgIpc) is 1.59. The van der Waals surface area contributed by atoms with E-state index in [-0.39, 0.29) is 230 Å². The maximum absolute atomic E-state index is 14.2. The van der Waals surface area contributed by atoms with Crippen LogP contribution < -0.4 is 21.3 Å². The van der Waals surface area contributed by atoms with Crippen LogP contribution >= 0.6 is 0 Å². The number of nitrogens with one attached hydrogen (secondary N) is 4.